The molecule has 2 nitrogen and oxygen atoms in total. The Morgan fingerprint density at radius 2 is 2.10 bits per heavy atom. The number of hydrogen-bond donors (Lipinski definition) is 0. The molecular formula is C18H21NOS. The molecule has 0 amide bonds. The van der Waals surface area contributed by atoms with Crippen molar-refractivity contribution in [2.45, 2.75) is 44.9 Å². The lowest BCUT2D eigenvalue weighted by Gasteiger charge is -2.06. The van der Waals surface area contributed by atoms with E-state index in [4.69, 9.17) is 4.98 Å². The van der Waals surface area contributed by atoms with Crippen LogP contribution in [0.4, 0.5) is 0 Å². The number of ketones is 1. The number of Topliss-reactive ketones (excluding diaryl/α,β-unsaturated/α-hetero) is 1. The Bertz CT molecular complexity index is 605. The second-order valence-corrected chi connectivity index (χ2v) is 6.82. The summed E-state index contributed by atoms with van der Waals surface area (Å²) in [5.74, 6) is 1.65. The van der Waals surface area contributed by atoms with Gasteiger partial charge in [-0.15, -0.1) is 11.3 Å². The Labute approximate surface area is 130 Å². The molecule has 1 heterocycles. The number of carbonyl (C=O) groups is 1. The fourth-order valence-electron chi connectivity index (χ4n) is 3.15. The van der Waals surface area contributed by atoms with Crippen LogP contribution in [-0.2, 0) is 6.42 Å². The molecule has 0 saturated heterocycles. The summed E-state index contributed by atoms with van der Waals surface area (Å²) in [5, 5.41) is 3.30. The zero-order chi connectivity index (χ0) is 14.7. The Balaban J connectivity index is 1.64. The van der Waals surface area contributed by atoms with Crippen molar-refractivity contribution in [3.8, 4) is 0 Å². The molecule has 2 aromatic rings. The van der Waals surface area contributed by atoms with Crippen molar-refractivity contribution in [1.29, 1.82) is 0 Å². The number of nitrogens with zero attached hydrogens (tertiary/aromatic N) is 1. The van der Waals surface area contributed by atoms with Gasteiger partial charge in [-0.25, -0.2) is 4.98 Å². The smallest absolute Gasteiger partial charge is 0.168 e. The third-order valence-corrected chi connectivity index (χ3v) is 5.53. The van der Waals surface area contributed by atoms with E-state index in [1.165, 1.54) is 30.7 Å². The summed E-state index contributed by atoms with van der Waals surface area (Å²) in [6.45, 7) is 2.28. The minimum absolute atomic E-state index is 0.158. The summed E-state index contributed by atoms with van der Waals surface area (Å²) in [5.41, 5.74) is 1.71. The van der Waals surface area contributed by atoms with Crippen molar-refractivity contribution in [2.24, 2.45) is 5.92 Å². The van der Waals surface area contributed by atoms with Crippen molar-refractivity contribution in [2.75, 3.05) is 0 Å². The van der Waals surface area contributed by atoms with Gasteiger partial charge >= 0.3 is 0 Å². The Kier molecular flexibility index (Phi) is 4.49. The highest BCUT2D eigenvalue weighted by Gasteiger charge is 2.26. The van der Waals surface area contributed by atoms with Gasteiger partial charge in [0.05, 0.1) is 17.1 Å². The van der Waals surface area contributed by atoms with Gasteiger partial charge in [0.2, 0.25) is 0 Å². The summed E-state index contributed by atoms with van der Waals surface area (Å²) in [4.78, 5) is 16.9. The van der Waals surface area contributed by atoms with Crippen LogP contribution in [0.15, 0.2) is 35.7 Å². The topological polar surface area (TPSA) is 30.0 Å². The van der Waals surface area contributed by atoms with Crippen LogP contribution in [0.2, 0.25) is 0 Å². The van der Waals surface area contributed by atoms with E-state index in [9.17, 15) is 4.79 Å². The standard InChI is InChI=1S/C18H21NOS/c1-2-13-8-9-15(10-13)18-19-16(12-21-18)11-17(20)14-6-4-3-5-7-14/h3-7,12-13,15H,2,8-11H2,1H3. The monoisotopic (exact) mass is 299 g/mol. The molecule has 1 saturated carbocycles. The van der Waals surface area contributed by atoms with Crippen molar-refractivity contribution < 1.29 is 4.79 Å². The predicted octanol–water partition coefficient (Wildman–Crippen LogP) is 4.86. The fourth-order valence-corrected chi connectivity index (χ4v) is 4.12. The lowest BCUT2D eigenvalue weighted by atomic mass is 10.0. The molecule has 110 valence electrons. The lowest BCUT2D eigenvalue weighted by molar-refractivity contribution is 0.0992. The zero-order valence-corrected chi connectivity index (χ0v) is 13.2. The van der Waals surface area contributed by atoms with E-state index in [2.05, 4.69) is 12.3 Å². The van der Waals surface area contributed by atoms with Crippen LogP contribution in [0.1, 0.15) is 59.6 Å². The first-order valence-electron chi connectivity index (χ1n) is 7.78. The van der Waals surface area contributed by atoms with Gasteiger partial charge in [0, 0.05) is 16.9 Å². The molecule has 2 atom stereocenters. The number of benzene rings is 1. The fraction of sp³-hybridized carbons (Fsp3) is 0.444. The van der Waals surface area contributed by atoms with Crippen LogP contribution in [-0.4, -0.2) is 10.8 Å². The SMILES string of the molecule is CCC1CCC(c2nc(CC(=O)c3ccccc3)cs2)C1. The van der Waals surface area contributed by atoms with E-state index in [0.717, 1.165) is 17.2 Å². The molecular weight excluding hydrogens is 278 g/mol. The van der Waals surface area contributed by atoms with Crippen LogP contribution >= 0.6 is 11.3 Å². The number of thiazole rings is 1. The molecule has 3 heteroatoms. The molecule has 1 aliphatic carbocycles. The van der Waals surface area contributed by atoms with Crippen LogP contribution in [0.5, 0.6) is 0 Å². The quantitative estimate of drug-likeness (QED) is 0.738. The summed E-state index contributed by atoms with van der Waals surface area (Å²) in [7, 11) is 0. The Morgan fingerprint density at radius 3 is 2.81 bits per heavy atom. The van der Waals surface area contributed by atoms with Gasteiger partial charge in [-0.05, 0) is 25.2 Å². The number of carbonyl (C=O) groups excluding carboxylic acids is 1. The van der Waals surface area contributed by atoms with Gasteiger partial charge in [0.25, 0.3) is 0 Å². The number of hydrogen-bond acceptors (Lipinski definition) is 3. The maximum Gasteiger partial charge on any atom is 0.168 e. The molecule has 3 rings (SSSR count). The third-order valence-electron chi connectivity index (χ3n) is 4.47. The summed E-state index contributed by atoms with van der Waals surface area (Å²) < 4.78 is 0. The van der Waals surface area contributed by atoms with E-state index >= 15 is 0 Å². The highest BCUT2D eigenvalue weighted by molar-refractivity contribution is 7.09. The predicted molar refractivity (Wildman–Crippen MR) is 87.0 cm³/mol. The maximum atomic E-state index is 12.2. The minimum Gasteiger partial charge on any atom is -0.294 e. The Morgan fingerprint density at radius 1 is 1.29 bits per heavy atom. The molecule has 1 aromatic carbocycles. The normalized spacial score (nSPS) is 21.6. The second kappa shape index (κ2) is 6.52. The van der Waals surface area contributed by atoms with E-state index in [1.54, 1.807) is 11.3 Å². The molecule has 1 fully saturated rings. The molecule has 1 aromatic heterocycles. The van der Waals surface area contributed by atoms with Crippen molar-refractivity contribution in [3.63, 3.8) is 0 Å². The average molecular weight is 299 g/mol. The molecule has 0 spiro atoms. The van der Waals surface area contributed by atoms with Crippen molar-refractivity contribution in [1.82, 2.24) is 4.98 Å². The van der Waals surface area contributed by atoms with Gasteiger partial charge in [0.1, 0.15) is 0 Å². The van der Waals surface area contributed by atoms with Crippen LogP contribution < -0.4 is 0 Å². The Hall–Kier alpha value is -1.48. The molecule has 21 heavy (non-hydrogen) atoms. The van der Waals surface area contributed by atoms with Gasteiger partial charge < -0.3 is 0 Å². The van der Waals surface area contributed by atoms with Crippen molar-refractivity contribution in [3.05, 3.63) is 52.0 Å². The van der Waals surface area contributed by atoms with E-state index in [0.29, 0.717) is 12.3 Å². The van der Waals surface area contributed by atoms with Gasteiger partial charge in [-0.2, -0.15) is 0 Å². The maximum absolute atomic E-state index is 12.2. The molecule has 1 aliphatic rings. The molecule has 0 radical (unpaired) electrons. The van der Waals surface area contributed by atoms with E-state index < -0.39 is 0 Å². The summed E-state index contributed by atoms with van der Waals surface area (Å²) in [6, 6.07) is 9.49. The lowest BCUT2D eigenvalue weighted by Crippen LogP contribution is -2.04. The molecule has 0 N–H and O–H groups in total. The van der Waals surface area contributed by atoms with Crippen LogP contribution in [0, 0.1) is 5.92 Å². The van der Waals surface area contributed by atoms with Gasteiger partial charge in [0.15, 0.2) is 5.78 Å². The van der Waals surface area contributed by atoms with E-state index in [1.807, 2.05) is 30.3 Å². The third kappa shape index (κ3) is 3.41. The van der Waals surface area contributed by atoms with Crippen LogP contribution in [0.25, 0.3) is 0 Å². The first kappa shape index (κ1) is 14.5. The molecule has 0 bridgehead atoms. The highest BCUT2D eigenvalue weighted by atomic mass is 32.1. The summed E-state index contributed by atoms with van der Waals surface area (Å²) in [6.07, 6.45) is 5.57. The minimum atomic E-state index is 0.158. The highest BCUT2D eigenvalue weighted by Crippen LogP contribution is 2.40. The van der Waals surface area contributed by atoms with Crippen molar-refractivity contribution >= 4 is 17.1 Å². The number of aromatic nitrogens is 1. The zero-order valence-electron chi connectivity index (χ0n) is 12.4. The number of rotatable bonds is 5. The summed E-state index contributed by atoms with van der Waals surface area (Å²) >= 11 is 1.73. The second-order valence-electron chi connectivity index (χ2n) is 5.93. The molecule has 0 aliphatic heterocycles. The molecule has 2 unspecified atom stereocenters. The van der Waals surface area contributed by atoms with Gasteiger partial charge in [-0.3, -0.25) is 4.79 Å². The first-order chi connectivity index (χ1) is 10.3. The average Bonchev–Trinajstić information content (AvgIpc) is 3.16. The van der Waals surface area contributed by atoms with E-state index in [-0.39, 0.29) is 5.78 Å². The van der Waals surface area contributed by atoms with Gasteiger partial charge in [-0.1, -0.05) is 43.7 Å². The first-order valence-corrected chi connectivity index (χ1v) is 8.66. The van der Waals surface area contributed by atoms with Crippen LogP contribution in [0.3, 0.4) is 0 Å². The largest absolute Gasteiger partial charge is 0.294 e.